The summed E-state index contributed by atoms with van der Waals surface area (Å²) in [6.07, 6.45) is -0.646. The molecule has 1 N–H and O–H groups in total. The largest absolute Gasteiger partial charge is 0.450 e. The molecule has 0 saturated carbocycles. The lowest BCUT2D eigenvalue weighted by atomic mass is 10.2. The number of nitrogens with one attached hydrogen (secondary N) is 1. The third-order valence-electron chi connectivity index (χ3n) is 3.77. The van der Waals surface area contributed by atoms with Gasteiger partial charge in [-0.25, -0.2) is 4.79 Å². The van der Waals surface area contributed by atoms with Gasteiger partial charge in [-0.05, 0) is 31.2 Å². The molecule has 0 bridgehead atoms. The highest BCUT2D eigenvalue weighted by atomic mass is 16.6. The van der Waals surface area contributed by atoms with E-state index in [9.17, 15) is 14.4 Å². The molecule has 8 heteroatoms. The monoisotopic (exact) mass is 344 g/mol. The molecular weight excluding hydrogens is 324 g/mol. The van der Waals surface area contributed by atoms with Crippen molar-refractivity contribution in [2.24, 2.45) is 0 Å². The zero-order valence-corrected chi connectivity index (χ0v) is 14.0. The highest BCUT2D eigenvalue weighted by Gasteiger charge is 2.25. The van der Waals surface area contributed by atoms with Crippen LogP contribution in [-0.4, -0.2) is 60.5 Å². The summed E-state index contributed by atoms with van der Waals surface area (Å²) in [5.74, 6) is -0.697. The molecule has 1 aromatic rings. The molecular formula is C17H20N4O4. The maximum absolute atomic E-state index is 12.2. The number of hydrogen-bond donors (Lipinski definition) is 1. The molecule has 1 aliphatic rings. The normalized spacial score (nSPS) is 13.8. The molecule has 0 spiro atoms. The van der Waals surface area contributed by atoms with Gasteiger partial charge in [-0.3, -0.25) is 9.59 Å². The maximum Gasteiger partial charge on any atom is 0.409 e. The summed E-state index contributed by atoms with van der Waals surface area (Å²) in [7, 11) is 0. The molecule has 2 rings (SSSR count). The third kappa shape index (κ3) is 5.21. The number of nitriles is 1. The number of nitrogens with zero attached hydrogens (tertiary/aromatic N) is 3. The summed E-state index contributed by atoms with van der Waals surface area (Å²) in [6, 6.07) is 8.39. The van der Waals surface area contributed by atoms with E-state index in [1.165, 1.54) is 0 Å². The van der Waals surface area contributed by atoms with Gasteiger partial charge in [0.25, 0.3) is 0 Å². The van der Waals surface area contributed by atoms with E-state index in [2.05, 4.69) is 5.32 Å². The second-order valence-corrected chi connectivity index (χ2v) is 5.48. The van der Waals surface area contributed by atoms with Crippen LogP contribution in [-0.2, 0) is 14.3 Å². The van der Waals surface area contributed by atoms with Crippen molar-refractivity contribution in [1.82, 2.24) is 9.80 Å². The number of amides is 3. The first-order chi connectivity index (χ1) is 12.0. The standard InChI is InChI=1S/C17H20N4O4/c1-2-25-17(24)21-9-7-20(8-10-21)16(23)11-15(22)19-14-5-3-13(12-18)4-6-14/h3-6H,2,7-11H2,1H3,(H,19,22). The fourth-order valence-corrected chi connectivity index (χ4v) is 2.44. The second-order valence-electron chi connectivity index (χ2n) is 5.48. The Morgan fingerprint density at radius 3 is 2.28 bits per heavy atom. The molecule has 1 saturated heterocycles. The van der Waals surface area contributed by atoms with Gasteiger partial charge in [-0.15, -0.1) is 0 Å². The van der Waals surface area contributed by atoms with Gasteiger partial charge in [0, 0.05) is 31.9 Å². The van der Waals surface area contributed by atoms with E-state index in [4.69, 9.17) is 10.00 Å². The molecule has 0 atom stereocenters. The van der Waals surface area contributed by atoms with Crippen molar-refractivity contribution >= 4 is 23.6 Å². The van der Waals surface area contributed by atoms with Gasteiger partial charge in [0.2, 0.25) is 11.8 Å². The number of hydrogen-bond acceptors (Lipinski definition) is 5. The summed E-state index contributed by atoms with van der Waals surface area (Å²) in [6.45, 7) is 3.59. The van der Waals surface area contributed by atoms with Gasteiger partial charge in [0.1, 0.15) is 6.42 Å². The number of carbonyl (C=O) groups is 3. The molecule has 1 aromatic carbocycles. The average molecular weight is 344 g/mol. The number of rotatable bonds is 4. The molecule has 0 unspecified atom stereocenters. The predicted molar refractivity (Wildman–Crippen MR) is 89.6 cm³/mol. The summed E-state index contributed by atoms with van der Waals surface area (Å²) in [5, 5.41) is 11.4. The van der Waals surface area contributed by atoms with Crippen LogP contribution >= 0.6 is 0 Å². The molecule has 1 heterocycles. The van der Waals surface area contributed by atoms with Crippen molar-refractivity contribution in [3.8, 4) is 6.07 Å². The van der Waals surface area contributed by atoms with Gasteiger partial charge >= 0.3 is 6.09 Å². The van der Waals surface area contributed by atoms with E-state index >= 15 is 0 Å². The zero-order valence-electron chi connectivity index (χ0n) is 14.0. The van der Waals surface area contributed by atoms with Crippen LogP contribution in [0.4, 0.5) is 10.5 Å². The molecule has 3 amide bonds. The SMILES string of the molecule is CCOC(=O)N1CCN(C(=O)CC(=O)Nc2ccc(C#N)cc2)CC1. The van der Waals surface area contributed by atoms with Gasteiger partial charge in [-0.1, -0.05) is 0 Å². The summed E-state index contributed by atoms with van der Waals surface area (Å²) in [4.78, 5) is 38.9. The molecule has 1 fully saturated rings. The number of piperazine rings is 1. The van der Waals surface area contributed by atoms with Crippen molar-refractivity contribution in [2.45, 2.75) is 13.3 Å². The molecule has 0 aromatic heterocycles. The van der Waals surface area contributed by atoms with Gasteiger partial charge in [0.15, 0.2) is 0 Å². The quantitative estimate of drug-likeness (QED) is 0.827. The van der Waals surface area contributed by atoms with E-state index in [1.54, 1.807) is 41.0 Å². The summed E-state index contributed by atoms with van der Waals surface area (Å²) in [5.41, 5.74) is 1.03. The first-order valence-electron chi connectivity index (χ1n) is 8.03. The van der Waals surface area contributed by atoms with Crippen molar-refractivity contribution < 1.29 is 19.1 Å². The maximum atomic E-state index is 12.2. The van der Waals surface area contributed by atoms with Crippen molar-refractivity contribution in [3.05, 3.63) is 29.8 Å². The molecule has 8 nitrogen and oxygen atoms in total. The van der Waals surface area contributed by atoms with E-state index in [0.29, 0.717) is 44.0 Å². The molecule has 0 radical (unpaired) electrons. The fraction of sp³-hybridized carbons (Fsp3) is 0.412. The molecule has 25 heavy (non-hydrogen) atoms. The Morgan fingerprint density at radius 2 is 1.72 bits per heavy atom. The first-order valence-corrected chi connectivity index (χ1v) is 8.03. The van der Waals surface area contributed by atoms with E-state index in [-0.39, 0.29) is 18.4 Å². The Hall–Kier alpha value is -3.08. The lowest BCUT2D eigenvalue weighted by Crippen LogP contribution is -2.51. The smallest absolute Gasteiger partial charge is 0.409 e. The minimum absolute atomic E-state index is 0.264. The van der Waals surface area contributed by atoms with Gasteiger partial charge < -0.3 is 19.9 Å². The van der Waals surface area contributed by atoms with Crippen molar-refractivity contribution in [2.75, 3.05) is 38.1 Å². The fourth-order valence-electron chi connectivity index (χ4n) is 2.44. The lowest BCUT2D eigenvalue weighted by Gasteiger charge is -2.34. The number of anilines is 1. The van der Waals surface area contributed by atoms with Crippen molar-refractivity contribution in [3.63, 3.8) is 0 Å². The minimum Gasteiger partial charge on any atom is -0.450 e. The highest BCUT2D eigenvalue weighted by Crippen LogP contribution is 2.10. The molecule has 132 valence electrons. The van der Waals surface area contributed by atoms with Crippen LogP contribution < -0.4 is 5.32 Å². The first kappa shape index (κ1) is 18.3. The zero-order chi connectivity index (χ0) is 18.2. The number of carbonyl (C=O) groups excluding carboxylic acids is 3. The Balaban J connectivity index is 1.79. The predicted octanol–water partition coefficient (Wildman–Crippen LogP) is 1.19. The van der Waals surface area contributed by atoms with Gasteiger partial charge in [-0.2, -0.15) is 5.26 Å². The van der Waals surface area contributed by atoms with E-state index < -0.39 is 5.91 Å². The topological polar surface area (TPSA) is 103 Å². The van der Waals surface area contributed by atoms with Crippen LogP contribution in [0.25, 0.3) is 0 Å². The van der Waals surface area contributed by atoms with Crippen LogP contribution in [0.1, 0.15) is 18.9 Å². The Labute approximate surface area is 146 Å². The number of ether oxygens (including phenoxy) is 1. The summed E-state index contributed by atoms with van der Waals surface area (Å²) >= 11 is 0. The van der Waals surface area contributed by atoms with Crippen LogP contribution in [0, 0.1) is 11.3 Å². The van der Waals surface area contributed by atoms with Crippen LogP contribution in [0.15, 0.2) is 24.3 Å². The number of benzene rings is 1. The Kier molecular flexibility index (Phi) is 6.34. The second kappa shape index (κ2) is 8.68. The average Bonchev–Trinajstić information content (AvgIpc) is 2.62. The third-order valence-corrected chi connectivity index (χ3v) is 3.77. The van der Waals surface area contributed by atoms with Crippen molar-refractivity contribution in [1.29, 1.82) is 5.26 Å². The highest BCUT2D eigenvalue weighted by molar-refractivity contribution is 6.03. The van der Waals surface area contributed by atoms with Crippen LogP contribution in [0.2, 0.25) is 0 Å². The molecule has 1 aliphatic heterocycles. The molecule has 0 aliphatic carbocycles. The van der Waals surface area contributed by atoms with Gasteiger partial charge in [0.05, 0.1) is 18.2 Å². The Morgan fingerprint density at radius 1 is 1.12 bits per heavy atom. The minimum atomic E-state index is -0.414. The van der Waals surface area contributed by atoms with E-state index in [1.807, 2.05) is 6.07 Å². The van der Waals surface area contributed by atoms with E-state index in [0.717, 1.165) is 0 Å². The lowest BCUT2D eigenvalue weighted by molar-refractivity contribution is -0.135. The summed E-state index contributed by atoms with van der Waals surface area (Å²) < 4.78 is 4.92. The van der Waals surface area contributed by atoms with Crippen LogP contribution in [0.5, 0.6) is 0 Å². The Bertz CT molecular complexity index is 673. The van der Waals surface area contributed by atoms with Crippen LogP contribution in [0.3, 0.4) is 0 Å².